The second-order valence-electron chi connectivity index (χ2n) is 7.59. The smallest absolute Gasteiger partial charge is 0.209 e. The third kappa shape index (κ3) is 6.98. The Hall–Kier alpha value is -1.30. The van der Waals surface area contributed by atoms with Crippen LogP contribution >= 0.6 is 11.8 Å². The minimum absolute atomic E-state index is 0.129. The topological polar surface area (TPSA) is 65.7 Å². The van der Waals surface area contributed by atoms with Gasteiger partial charge >= 0.3 is 0 Å². The second kappa shape index (κ2) is 12.2. The van der Waals surface area contributed by atoms with Crippen LogP contribution in [0.25, 0.3) is 0 Å². The average molecular weight is 397 g/mol. The lowest BCUT2D eigenvalue weighted by Gasteiger charge is -2.24. The molecule has 1 aromatic rings. The monoisotopic (exact) mass is 396 g/mol. The van der Waals surface area contributed by atoms with Crippen LogP contribution in [0.15, 0.2) is 11.0 Å². The van der Waals surface area contributed by atoms with Crippen LogP contribution in [0.1, 0.15) is 77.6 Å². The van der Waals surface area contributed by atoms with Crippen LogP contribution < -0.4 is 0 Å². The van der Waals surface area contributed by atoms with Crippen molar-refractivity contribution in [1.82, 2.24) is 9.47 Å². The van der Waals surface area contributed by atoms with Crippen molar-refractivity contribution >= 4 is 18.2 Å². The van der Waals surface area contributed by atoms with E-state index in [9.17, 15) is 15.0 Å². The third-order valence-corrected chi connectivity index (χ3v) is 6.53. The fourth-order valence-electron chi connectivity index (χ4n) is 3.87. The van der Waals surface area contributed by atoms with Crippen molar-refractivity contribution in [2.45, 2.75) is 95.0 Å². The first kappa shape index (κ1) is 22.0. The van der Waals surface area contributed by atoms with Gasteiger partial charge in [0.1, 0.15) is 0 Å². The summed E-state index contributed by atoms with van der Waals surface area (Å²) in [5.74, 6) is 1.01. The number of rotatable bonds is 14. The number of hydrogen-bond donors (Lipinski definition) is 2. The van der Waals surface area contributed by atoms with Crippen LogP contribution in [-0.2, 0) is 11.3 Å². The normalized spacial score (nSPS) is 14.7. The van der Waals surface area contributed by atoms with Crippen LogP contribution in [0.4, 0.5) is 0 Å². The van der Waals surface area contributed by atoms with E-state index >= 15 is 0 Å². The maximum Gasteiger partial charge on any atom is 0.209 e. The number of aromatic nitrogens is 1. The standard InChI is InChI=1S/C21H36N2O3S/c1-2-3-4-5-6-7-10-13-23-20(25)16-19(21(23)26)27-15-14-22(17-24)18-11-8-9-12-18/h16-18,25-26H,2-15H2,1H3. The molecule has 1 heterocycles. The van der Waals surface area contributed by atoms with Crippen molar-refractivity contribution in [1.29, 1.82) is 0 Å². The zero-order valence-electron chi connectivity index (χ0n) is 16.7. The summed E-state index contributed by atoms with van der Waals surface area (Å²) in [6, 6.07) is 2.02. The van der Waals surface area contributed by atoms with Gasteiger partial charge in [0.2, 0.25) is 12.3 Å². The molecule has 27 heavy (non-hydrogen) atoms. The van der Waals surface area contributed by atoms with E-state index in [4.69, 9.17) is 0 Å². The third-order valence-electron chi connectivity index (χ3n) is 5.53. The highest BCUT2D eigenvalue weighted by atomic mass is 32.2. The molecule has 5 nitrogen and oxygen atoms in total. The van der Waals surface area contributed by atoms with E-state index in [-0.39, 0.29) is 11.8 Å². The van der Waals surface area contributed by atoms with E-state index in [1.165, 1.54) is 56.7 Å². The molecule has 0 spiro atoms. The summed E-state index contributed by atoms with van der Waals surface area (Å²) in [6.45, 7) is 3.55. The fourth-order valence-corrected chi connectivity index (χ4v) is 4.82. The van der Waals surface area contributed by atoms with Gasteiger partial charge in [0.15, 0.2) is 5.88 Å². The Morgan fingerprint density at radius 3 is 2.48 bits per heavy atom. The maximum atomic E-state index is 11.3. The van der Waals surface area contributed by atoms with E-state index in [0.29, 0.717) is 24.0 Å². The van der Waals surface area contributed by atoms with Crippen LogP contribution in [0.3, 0.4) is 0 Å². The highest BCUT2D eigenvalue weighted by molar-refractivity contribution is 7.99. The van der Waals surface area contributed by atoms with Gasteiger partial charge in [-0.1, -0.05) is 58.3 Å². The summed E-state index contributed by atoms with van der Waals surface area (Å²) in [5, 5.41) is 20.6. The fraction of sp³-hybridized carbons (Fsp3) is 0.762. The molecule has 1 aromatic heterocycles. The summed E-state index contributed by atoms with van der Waals surface area (Å²) < 4.78 is 1.60. The van der Waals surface area contributed by atoms with E-state index in [1.54, 1.807) is 10.6 Å². The predicted octanol–water partition coefficient (Wildman–Crippen LogP) is 5.14. The van der Waals surface area contributed by atoms with Crippen molar-refractivity contribution < 1.29 is 15.0 Å². The van der Waals surface area contributed by atoms with Gasteiger partial charge in [-0.05, 0) is 19.3 Å². The van der Waals surface area contributed by atoms with Gasteiger partial charge < -0.3 is 15.1 Å². The SMILES string of the molecule is CCCCCCCCCn1c(O)cc(SCCN(C=O)C2CCCC2)c1O. The zero-order valence-corrected chi connectivity index (χ0v) is 17.6. The first-order chi connectivity index (χ1) is 13.2. The highest BCUT2D eigenvalue weighted by Gasteiger charge is 2.21. The van der Waals surface area contributed by atoms with Crippen LogP contribution in [0.5, 0.6) is 11.8 Å². The molecular weight excluding hydrogens is 360 g/mol. The van der Waals surface area contributed by atoms with Crippen molar-refractivity contribution in [2.75, 3.05) is 12.3 Å². The zero-order chi connectivity index (χ0) is 19.5. The van der Waals surface area contributed by atoms with Gasteiger partial charge in [-0.3, -0.25) is 9.36 Å². The predicted molar refractivity (Wildman–Crippen MR) is 112 cm³/mol. The minimum Gasteiger partial charge on any atom is -0.494 e. The minimum atomic E-state index is 0.129. The number of unbranched alkanes of at least 4 members (excludes halogenated alkanes) is 6. The molecule has 1 aliphatic rings. The second-order valence-corrected chi connectivity index (χ2v) is 8.73. The number of hydrogen-bond acceptors (Lipinski definition) is 4. The number of nitrogens with zero attached hydrogens (tertiary/aromatic N) is 2. The number of aromatic hydroxyl groups is 2. The van der Waals surface area contributed by atoms with E-state index in [1.807, 2.05) is 4.90 Å². The average Bonchev–Trinajstić information content (AvgIpc) is 3.28. The van der Waals surface area contributed by atoms with Crippen molar-refractivity contribution in [2.24, 2.45) is 0 Å². The summed E-state index contributed by atoms with van der Waals surface area (Å²) >= 11 is 1.51. The lowest BCUT2D eigenvalue weighted by molar-refractivity contribution is -0.119. The van der Waals surface area contributed by atoms with Crippen molar-refractivity contribution in [3.8, 4) is 11.8 Å². The van der Waals surface area contributed by atoms with Gasteiger partial charge in [-0.2, -0.15) is 0 Å². The summed E-state index contributed by atoms with van der Waals surface area (Å²) in [6.07, 6.45) is 14.0. The molecular formula is C21H36N2O3S. The van der Waals surface area contributed by atoms with E-state index < -0.39 is 0 Å². The first-order valence-corrected chi connectivity index (χ1v) is 11.6. The Labute approximate surface area is 168 Å². The lowest BCUT2D eigenvalue weighted by atomic mass is 10.1. The molecule has 1 aliphatic carbocycles. The summed E-state index contributed by atoms with van der Waals surface area (Å²) in [7, 11) is 0. The molecule has 0 aliphatic heterocycles. The molecule has 154 valence electrons. The van der Waals surface area contributed by atoms with Gasteiger partial charge in [0.25, 0.3) is 0 Å². The number of thioether (sulfide) groups is 1. The molecule has 0 saturated heterocycles. The van der Waals surface area contributed by atoms with E-state index in [2.05, 4.69) is 6.92 Å². The molecule has 0 aromatic carbocycles. The molecule has 0 unspecified atom stereocenters. The molecule has 2 N–H and O–H groups in total. The van der Waals surface area contributed by atoms with Gasteiger partial charge in [0.05, 0.1) is 4.90 Å². The highest BCUT2D eigenvalue weighted by Crippen LogP contribution is 2.36. The van der Waals surface area contributed by atoms with Crippen LogP contribution in [0, 0.1) is 0 Å². The number of amides is 1. The maximum absolute atomic E-state index is 11.3. The molecule has 1 amide bonds. The van der Waals surface area contributed by atoms with Crippen LogP contribution in [-0.4, -0.2) is 44.4 Å². The Morgan fingerprint density at radius 1 is 1.15 bits per heavy atom. The molecule has 1 saturated carbocycles. The van der Waals surface area contributed by atoms with Crippen LogP contribution in [0.2, 0.25) is 0 Å². The van der Waals surface area contributed by atoms with E-state index in [0.717, 1.165) is 37.8 Å². The Morgan fingerprint density at radius 2 is 1.81 bits per heavy atom. The molecule has 1 fully saturated rings. The van der Waals surface area contributed by atoms with Crippen molar-refractivity contribution in [3.63, 3.8) is 0 Å². The van der Waals surface area contributed by atoms with Gasteiger partial charge in [-0.15, -0.1) is 11.8 Å². The van der Waals surface area contributed by atoms with Gasteiger partial charge in [-0.25, -0.2) is 0 Å². The molecule has 0 atom stereocenters. The Balaban J connectivity index is 1.72. The largest absolute Gasteiger partial charge is 0.494 e. The Bertz CT molecular complexity index is 556. The Kier molecular flexibility index (Phi) is 9.95. The quantitative estimate of drug-likeness (QED) is 0.259. The molecule has 0 bridgehead atoms. The molecule has 6 heteroatoms. The summed E-state index contributed by atoms with van der Waals surface area (Å²) in [5.41, 5.74) is 0. The molecule has 2 rings (SSSR count). The summed E-state index contributed by atoms with van der Waals surface area (Å²) in [4.78, 5) is 13.9. The number of carbonyl (C=O) groups is 1. The number of carbonyl (C=O) groups excluding carboxylic acids is 1. The van der Waals surface area contributed by atoms with Crippen molar-refractivity contribution in [3.05, 3.63) is 6.07 Å². The first-order valence-electron chi connectivity index (χ1n) is 10.6. The molecule has 0 radical (unpaired) electrons. The van der Waals surface area contributed by atoms with Gasteiger partial charge in [0, 0.05) is 31.0 Å². The lowest BCUT2D eigenvalue weighted by Crippen LogP contribution is -2.33.